The van der Waals surface area contributed by atoms with E-state index in [0.717, 1.165) is 36.6 Å². The fourth-order valence-corrected chi connectivity index (χ4v) is 3.77. The summed E-state index contributed by atoms with van der Waals surface area (Å²) in [5.74, 6) is 2.71. The van der Waals surface area contributed by atoms with Crippen molar-refractivity contribution < 1.29 is 14.3 Å². The fraction of sp³-hybridized carbons (Fsp3) is 0.650. The van der Waals surface area contributed by atoms with Gasteiger partial charge in [-0.3, -0.25) is 4.79 Å². The molecule has 2 aliphatic heterocycles. The van der Waals surface area contributed by atoms with Crippen LogP contribution in [0.15, 0.2) is 18.2 Å². The topological polar surface area (TPSA) is 59.6 Å². The molecule has 3 rings (SSSR count). The van der Waals surface area contributed by atoms with Crippen molar-refractivity contribution in [3.63, 3.8) is 0 Å². The normalized spacial score (nSPS) is 22.1. The Labute approximate surface area is 150 Å². The van der Waals surface area contributed by atoms with Gasteiger partial charge < -0.3 is 20.1 Å². The highest BCUT2D eigenvalue weighted by molar-refractivity contribution is 5.76. The molecule has 25 heavy (non-hydrogen) atoms. The highest BCUT2D eigenvalue weighted by Gasteiger charge is 2.23. The van der Waals surface area contributed by atoms with Crippen LogP contribution in [0.25, 0.3) is 0 Å². The van der Waals surface area contributed by atoms with Crippen molar-refractivity contribution in [3.8, 4) is 11.5 Å². The Bertz CT molecular complexity index is 584. The maximum atomic E-state index is 12.5. The Balaban J connectivity index is 1.58. The second-order valence-corrected chi connectivity index (χ2v) is 7.22. The van der Waals surface area contributed by atoms with Gasteiger partial charge in [-0.25, -0.2) is 0 Å². The zero-order valence-corrected chi connectivity index (χ0v) is 15.3. The van der Waals surface area contributed by atoms with Gasteiger partial charge >= 0.3 is 0 Å². The Morgan fingerprint density at radius 2 is 2.12 bits per heavy atom. The van der Waals surface area contributed by atoms with E-state index < -0.39 is 0 Å². The van der Waals surface area contributed by atoms with Gasteiger partial charge in [-0.15, -0.1) is 0 Å². The molecule has 1 amide bonds. The van der Waals surface area contributed by atoms with E-state index in [9.17, 15) is 4.79 Å². The van der Waals surface area contributed by atoms with Crippen molar-refractivity contribution in [1.29, 1.82) is 0 Å². The van der Waals surface area contributed by atoms with E-state index in [4.69, 9.17) is 9.47 Å². The largest absolute Gasteiger partial charge is 0.486 e. The van der Waals surface area contributed by atoms with Crippen LogP contribution in [0.5, 0.6) is 11.5 Å². The second-order valence-electron chi connectivity index (χ2n) is 7.22. The number of nitrogens with one attached hydrogen (secondary N) is 2. The van der Waals surface area contributed by atoms with Crippen LogP contribution in [-0.4, -0.2) is 32.2 Å². The Morgan fingerprint density at radius 3 is 2.84 bits per heavy atom. The molecular weight excluding hydrogens is 316 g/mol. The zero-order valence-electron chi connectivity index (χ0n) is 15.3. The van der Waals surface area contributed by atoms with Gasteiger partial charge in [0.25, 0.3) is 0 Å². The minimum Gasteiger partial charge on any atom is -0.486 e. The monoisotopic (exact) mass is 346 g/mol. The lowest BCUT2D eigenvalue weighted by molar-refractivity contribution is -0.123. The number of fused-ring (bicyclic) bond motifs is 1. The van der Waals surface area contributed by atoms with Gasteiger partial charge in [0, 0.05) is 6.42 Å². The van der Waals surface area contributed by atoms with Crippen molar-refractivity contribution in [3.05, 3.63) is 23.8 Å². The molecule has 2 N–H and O–H groups in total. The Morgan fingerprint density at radius 1 is 1.32 bits per heavy atom. The van der Waals surface area contributed by atoms with Gasteiger partial charge in [0.15, 0.2) is 11.5 Å². The maximum absolute atomic E-state index is 12.5. The maximum Gasteiger partial charge on any atom is 0.220 e. The van der Waals surface area contributed by atoms with Gasteiger partial charge in [0.1, 0.15) is 13.2 Å². The van der Waals surface area contributed by atoms with E-state index in [1.54, 1.807) is 0 Å². The standard InChI is InChI=1S/C20H30N2O3/c1-3-17(15-6-7-18-19(12-15)25-10-9-24-18)22-20(23)11-14(2)16-5-4-8-21-13-16/h6-7,12,14,16-17,21H,3-5,8-11,13H2,1-2H3,(H,22,23)/t14-,16-,17-/m0/s1. The third-order valence-corrected chi connectivity index (χ3v) is 5.36. The molecule has 2 heterocycles. The van der Waals surface area contributed by atoms with Crippen LogP contribution < -0.4 is 20.1 Å². The summed E-state index contributed by atoms with van der Waals surface area (Å²) in [6.07, 6.45) is 3.88. The molecule has 0 aromatic heterocycles. The molecule has 0 unspecified atom stereocenters. The molecule has 1 aromatic carbocycles. The number of rotatable bonds is 6. The summed E-state index contributed by atoms with van der Waals surface area (Å²) in [4.78, 5) is 12.5. The van der Waals surface area contributed by atoms with Crippen molar-refractivity contribution in [2.24, 2.45) is 11.8 Å². The molecule has 5 nitrogen and oxygen atoms in total. The third kappa shape index (κ3) is 4.66. The average Bonchev–Trinajstić information content (AvgIpc) is 2.66. The van der Waals surface area contributed by atoms with Crippen LogP contribution in [0.4, 0.5) is 0 Å². The first-order chi connectivity index (χ1) is 12.2. The predicted octanol–water partition coefficient (Wildman–Crippen LogP) is 3.05. The first-order valence-corrected chi connectivity index (χ1v) is 9.57. The van der Waals surface area contributed by atoms with E-state index in [0.29, 0.717) is 31.5 Å². The van der Waals surface area contributed by atoms with E-state index in [1.807, 2.05) is 18.2 Å². The first-order valence-electron chi connectivity index (χ1n) is 9.57. The number of amides is 1. The molecule has 0 radical (unpaired) electrons. The van der Waals surface area contributed by atoms with Crippen LogP contribution in [0.3, 0.4) is 0 Å². The first kappa shape index (κ1) is 18.1. The highest BCUT2D eigenvalue weighted by atomic mass is 16.6. The van der Waals surface area contributed by atoms with Crippen LogP contribution in [-0.2, 0) is 4.79 Å². The number of hydrogen-bond donors (Lipinski definition) is 2. The summed E-state index contributed by atoms with van der Waals surface area (Å²) in [7, 11) is 0. The number of piperidine rings is 1. The van der Waals surface area contributed by atoms with Gasteiger partial charge in [0.2, 0.25) is 5.91 Å². The van der Waals surface area contributed by atoms with E-state index in [-0.39, 0.29) is 11.9 Å². The van der Waals surface area contributed by atoms with Crippen LogP contribution >= 0.6 is 0 Å². The number of carbonyl (C=O) groups excluding carboxylic acids is 1. The van der Waals surface area contributed by atoms with Crippen LogP contribution in [0.2, 0.25) is 0 Å². The SMILES string of the molecule is CC[C@H](NC(=O)C[C@H](C)[C@H]1CCCNC1)c1ccc2c(c1)OCCO2. The summed E-state index contributed by atoms with van der Waals surface area (Å²) < 4.78 is 11.2. The summed E-state index contributed by atoms with van der Waals surface area (Å²) in [5, 5.41) is 6.64. The average molecular weight is 346 g/mol. The van der Waals surface area contributed by atoms with E-state index in [2.05, 4.69) is 24.5 Å². The lowest BCUT2D eigenvalue weighted by Crippen LogP contribution is -2.36. The molecule has 0 aliphatic carbocycles. The molecule has 1 fully saturated rings. The van der Waals surface area contributed by atoms with Crippen LogP contribution in [0, 0.1) is 11.8 Å². The molecule has 5 heteroatoms. The number of benzene rings is 1. The fourth-order valence-electron chi connectivity index (χ4n) is 3.77. The van der Waals surface area contributed by atoms with E-state index >= 15 is 0 Å². The van der Waals surface area contributed by atoms with Gasteiger partial charge in [0.05, 0.1) is 6.04 Å². The molecular formula is C20H30N2O3. The van der Waals surface area contributed by atoms with Gasteiger partial charge in [-0.1, -0.05) is 19.9 Å². The van der Waals surface area contributed by atoms with E-state index in [1.165, 1.54) is 12.8 Å². The minimum absolute atomic E-state index is 0.0139. The summed E-state index contributed by atoms with van der Waals surface area (Å²) in [5.41, 5.74) is 1.08. The lowest BCUT2D eigenvalue weighted by Gasteiger charge is -2.28. The summed E-state index contributed by atoms with van der Waals surface area (Å²) in [6, 6.07) is 5.98. The molecule has 138 valence electrons. The second kappa shape index (κ2) is 8.56. The van der Waals surface area contributed by atoms with Crippen molar-refractivity contribution in [1.82, 2.24) is 10.6 Å². The number of hydrogen-bond acceptors (Lipinski definition) is 4. The van der Waals surface area contributed by atoms with Crippen molar-refractivity contribution in [2.75, 3.05) is 26.3 Å². The van der Waals surface area contributed by atoms with Crippen molar-refractivity contribution >= 4 is 5.91 Å². The molecule has 0 spiro atoms. The van der Waals surface area contributed by atoms with Gasteiger partial charge in [-0.05, 0) is 61.9 Å². The summed E-state index contributed by atoms with van der Waals surface area (Å²) >= 11 is 0. The smallest absolute Gasteiger partial charge is 0.220 e. The van der Waals surface area contributed by atoms with Crippen LogP contribution in [0.1, 0.15) is 51.1 Å². The van der Waals surface area contributed by atoms with Gasteiger partial charge in [-0.2, -0.15) is 0 Å². The number of ether oxygens (including phenoxy) is 2. The predicted molar refractivity (Wildman–Crippen MR) is 98.0 cm³/mol. The molecule has 2 aliphatic rings. The molecule has 1 saturated heterocycles. The molecule has 0 bridgehead atoms. The van der Waals surface area contributed by atoms with Crippen molar-refractivity contribution in [2.45, 2.75) is 45.6 Å². The highest BCUT2D eigenvalue weighted by Crippen LogP contribution is 2.33. The minimum atomic E-state index is 0.0139. The molecule has 0 saturated carbocycles. The Kier molecular flexibility index (Phi) is 6.19. The molecule has 1 aromatic rings. The summed E-state index contributed by atoms with van der Waals surface area (Å²) in [6.45, 7) is 7.60. The lowest BCUT2D eigenvalue weighted by atomic mass is 9.85. The molecule has 3 atom stereocenters. The zero-order chi connectivity index (χ0) is 17.6. The number of carbonyl (C=O) groups is 1. The quantitative estimate of drug-likeness (QED) is 0.831. The third-order valence-electron chi connectivity index (χ3n) is 5.36. The Hall–Kier alpha value is -1.75.